The summed E-state index contributed by atoms with van der Waals surface area (Å²) in [5.41, 5.74) is 1.07. The van der Waals surface area contributed by atoms with Crippen molar-refractivity contribution in [1.82, 2.24) is 10.2 Å². The van der Waals surface area contributed by atoms with Crippen LogP contribution in [-0.2, 0) is 6.54 Å². The van der Waals surface area contributed by atoms with Crippen LogP contribution in [0.2, 0.25) is 0 Å². The van der Waals surface area contributed by atoms with E-state index in [9.17, 15) is 0 Å². The Kier molecular flexibility index (Phi) is 5.71. The lowest BCUT2D eigenvalue weighted by atomic mass is 10.2. The molecule has 0 aliphatic rings. The number of benzene rings is 1. The minimum Gasteiger partial charge on any atom is -0.497 e. The zero-order valence-corrected chi connectivity index (χ0v) is 12.1. The molecule has 0 spiro atoms. The molecule has 1 rings (SSSR count). The number of nitrogens with one attached hydrogen (secondary N) is 1. The number of nitrogens with zero attached hydrogens (tertiary/aromatic N) is 1. The minimum atomic E-state index is 0.693. The van der Waals surface area contributed by atoms with Crippen molar-refractivity contribution < 1.29 is 9.47 Å². The molecular formula is C13H20N2O2S. The van der Waals surface area contributed by atoms with E-state index in [0.29, 0.717) is 6.54 Å². The Hall–Kier alpha value is -1.49. The van der Waals surface area contributed by atoms with Gasteiger partial charge in [0.15, 0.2) is 5.11 Å². The third-order valence-corrected chi connectivity index (χ3v) is 3.03. The first-order valence-corrected chi connectivity index (χ1v) is 6.23. The van der Waals surface area contributed by atoms with Crippen molar-refractivity contribution in [1.29, 1.82) is 0 Å². The Bertz CT molecular complexity index is 410. The lowest BCUT2D eigenvalue weighted by Gasteiger charge is -2.21. The van der Waals surface area contributed by atoms with Crippen LogP contribution in [0.25, 0.3) is 0 Å². The van der Waals surface area contributed by atoms with Gasteiger partial charge in [-0.15, -0.1) is 0 Å². The first kappa shape index (κ1) is 14.6. The Balaban J connectivity index is 2.80. The van der Waals surface area contributed by atoms with Crippen molar-refractivity contribution in [2.24, 2.45) is 0 Å². The molecule has 1 N–H and O–H groups in total. The standard InChI is InChI=1S/C13H20N2O2S/c1-5-14-13(18)15(2)9-10-6-7-11(16-3)8-12(10)17-4/h6-8H,5,9H2,1-4H3,(H,14,18). The first-order chi connectivity index (χ1) is 8.62. The van der Waals surface area contributed by atoms with E-state index in [1.165, 1.54) is 0 Å². The summed E-state index contributed by atoms with van der Waals surface area (Å²) < 4.78 is 10.5. The third-order valence-electron chi connectivity index (χ3n) is 2.58. The zero-order chi connectivity index (χ0) is 13.5. The van der Waals surface area contributed by atoms with Gasteiger partial charge in [-0.1, -0.05) is 0 Å². The smallest absolute Gasteiger partial charge is 0.168 e. The molecule has 1 aromatic rings. The molecule has 0 aliphatic carbocycles. The SMILES string of the molecule is CCNC(=S)N(C)Cc1ccc(OC)cc1OC. The van der Waals surface area contributed by atoms with Crippen molar-refractivity contribution in [2.45, 2.75) is 13.5 Å². The van der Waals surface area contributed by atoms with Gasteiger partial charge in [0.1, 0.15) is 11.5 Å². The maximum atomic E-state index is 5.36. The number of hydrogen-bond donors (Lipinski definition) is 1. The highest BCUT2D eigenvalue weighted by atomic mass is 32.1. The fourth-order valence-electron chi connectivity index (χ4n) is 1.60. The molecule has 0 radical (unpaired) electrons. The first-order valence-electron chi connectivity index (χ1n) is 5.82. The topological polar surface area (TPSA) is 33.7 Å². The van der Waals surface area contributed by atoms with Gasteiger partial charge in [0.25, 0.3) is 0 Å². The zero-order valence-electron chi connectivity index (χ0n) is 11.3. The summed E-state index contributed by atoms with van der Waals surface area (Å²) in [4.78, 5) is 1.98. The van der Waals surface area contributed by atoms with Gasteiger partial charge in [-0.2, -0.15) is 0 Å². The molecule has 0 atom stereocenters. The van der Waals surface area contributed by atoms with E-state index < -0.39 is 0 Å². The van der Waals surface area contributed by atoms with Gasteiger partial charge < -0.3 is 19.7 Å². The maximum Gasteiger partial charge on any atom is 0.168 e. The summed E-state index contributed by atoms with van der Waals surface area (Å²) >= 11 is 5.25. The second-order valence-electron chi connectivity index (χ2n) is 3.87. The predicted octanol–water partition coefficient (Wildman–Crippen LogP) is 2.03. The fourth-order valence-corrected chi connectivity index (χ4v) is 1.80. The summed E-state index contributed by atoms with van der Waals surface area (Å²) in [6.07, 6.45) is 0. The molecule has 0 aromatic heterocycles. The number of methoxy groups -OCH3 is 2. The van der Waals surface area contributed by atoms with Crippen molar-refractivity contribution in [3.05, 3.63) is 23.8 Å². The van der Waals surface area contributed by atoms with Crippen molar-refractivity contribution in [3.63, 3.8) is 0 Å². The van der Waals surface area contributed by atoms with E-state index in [0.717, 1.165) is 28.7 Å². The monoisotopic (exact) mass is 268 g/mol. The van der Waals surface area contributed by atoms with E-state index in [4.69, 9.17) is 21.7 Å². The summed E-state index contributed by atoms with van der Waals surface area (Å²) in [5.74, 6) is 1.59. The molecule has 0 amide bonds. The molecular weight excluding hydrogens is 248 g/mol. The van der Waals surface area contributed by atoms with E-state index in [-0.39, 0.29) is 0 Å². The molecule has 100 valence electrons. The maximum absolute atomic E-state index is 5.36. The Labute approximate surface area is 114 Å². The van der Waals surface area contributed by atoms with Crippen LogP contribution < -0.4 is 14.8 Å². The van der Waals surface area contributed by atoms with Gasteiger partial charge in [-0.3, -0.25) is 0 Å². The van der Waals surface area contributed by atoms with Crippen LogP contribution in [0.3, 0.4) is 0 Å². The van der Waals surface area contributed by atoms with Gasteiger partial charge in [-0.05, 0) is 31.3 Å². The number of hydrogen-bond acceptors (Lipinski definition) is 3. The van der Waals surface area contributed by atoms with Crippen LogP contribution in [0.5, 0.6) is 11.5 Å². The molecule has 0 saturated heterocycles. The van der Waals surface area contributed by atoms with Gasteiger partial charge in [0, 0.05) is 31.8 Å². The second kappa shape index (κ2) is 7.06. The lowest BCUT2D eigenvalue weighted by Crippen LogP contribution is -2.36. The van der Waals surface area contributed by atoms with E-state index in [1.54, 1.807) is 14.2 Å². The molecule has 5 heteroatoms. The quantitative estimate of drug-likeness (QED) is 0.826. The highest BCUT2D eigenvalue weighted by molar-refractivity contribution is 7.80. The molecule has 0 aliphatic heterocycles. The molecule has 4 nitrogen and oxygen atoms in total. The van der Waals surface area contributed by atoms with Gasteiger partial charge in [-0.25, -0.2) is 0 Å². The minimum absolute atomic E-state index is 0.693. The van der Waals surface area contributed by atoms with Gasteiger partial charge in [0.05, 0.1) is 14.2 Å². The molecule has 0 bridgehead atoms. The molecule has 1 aromatic carbocycles. The summed E-state index contributed by atoms with van der Waals surface area (Å²) in [6.45, 7) is 3.54. The molecule has 0 heterocycles. The molecule has 0 saturated carbocycles. The second-order valence-corrected chi connectivity index (χ2v) is 4.26. The normalized spacial score (nSPS) is 9.78. The molecule has 0 unspecified atom stereocenters. The predicted molar refractivity (Wildman–Crippen MR) is 77.3 cm³/mol. The fraction of sp³-hybridized carbons (Fsp3) is 0.462. The summed E-state index contributed by atoms with van der Waals surface area (Å²) in [7, 11) is 5.25. The van der Waals surface area contributed by atoms with Crippen LogP contribution in [-0.4, -0.2) is 37.8 Å². The van der Waals surface area contributed by atoms with E-state index in [2.05, 4.69) is 5.32 Å². The van der Waals surface area contributed by atoms with Crippen LogP contribution in [0.1, 0.15) is 12.5 Å². The third kappa shape index (κ3) is 3.77. The van der Waals surface area contributed by atoms with Crippen LogP contribution in [0.15, 0.2) is 18.2 Å². The van der Waals surface area contributed by atoms with Crippen LogP contribution in [0.4, 0.5) is 0 Å². The van der Waals surface area contributed by atoms with Crippen LogP contribution in [0, 0.1) is 0 Å². The van der Waals surface area contributed by atoms with Gasteiger partial charge in [0.2, 0.25) is 0 Å². The number of ether oxygens (including phenoxy) is 2. The Morgan fingerprint density at radius 1 is 1.33 bits per heavy atom. The highest BCUT2D eigenvalue weighted by Gasteiger charge is 2.09. The van der Waals surface area contributed by atoms with Gasteiger partial charge >= 0.3 is 0 Å². The van der Waals surface area contributed by atoms with Crippen molar-refractivity contribution in [3.8, 4) is 11.5 Å². The molecule has 0 fully saturated rings. The highest BCUT2D eigenvalue weighted by Crippen LogP contribution is 2.25. The number of rotatable bonds is 5. The lowest BCUT2D eigenvalue weighted by molar-refractivity contribution is 0.383. The summed E-state index contributed by atoms with van der Waals surface area (Å²) in [5, 5.41) is 3.85. The average molecular weight is 268 g/mol. The molecule has 18 heavy (non-hydrogen) atoms. The average Bonchev–Trinajstić information content (AvgIpc) is 2.39. The van der Waals surface area contributed by atoms with Crippen LogP contribution >= 0.6 is 12.2 Å². The van der Waals surface area contributed by atoms with E-state index >= 15 is 0 Å². The Morgan fingerprint density at radius 3 is 2.61 bits per heavy atom. The largest absolute Gasteiger partial charge is 0.497 e. The Morgan fingerprint density at radius 2 is 2.06 bits per heavy atom. The van der Waals surface area contributed by atoms with Crippen molar-refractivity contribution in [2.75, 3.05) is 27.8 Å². The van der Waals surface area contributed by atoms with Crippen molar-refractivity contribution >= 4 is 17.3 Å². The van der Waals surface area contributed by atoms with E-state index in [1.807, 2.05) is 37.1 Å². The summed E-state index contributed by atoms with van der Waals surface area (Å²) in [6, 6.07) is 5.78. The number of thiocarbonyl (C=S) groups is 1.